The van der Waals surface area contributed by atoms with Crippen molar-refractivity contribution in [3.8, 4) is 11.3 Å². The van der Waals surface area contributed by atoms with Gasteiger partial charge in [0.1, 0.15) is 0 Å². The molecule has 1 N–H and O–H groups in total. The Bertz CT molecular complexity index is 455. The topological polar surface area (TPSA) is 29.9 Å². The van der Waals surface area contributed by atoms with Crippen molar-refractivity contribution in [2.24, 2.45) is 5.92 Å². The van der Waals surface area contributed by atoms with E-state index in [4.69, 9.17) is 0 Å². The van der Waals surface area contributed by atoms with Crippen molar-refractivity contribution in [3.05, 3.63) is 29.1 Å². The Morgan fingerprint density at radius 1 is 1.47 bits per heavy atom. The first-order valence-electron chi connectivity index (χ1n) is 6.18. The fraction of sp³-hybridized carbons (Fsp3) is 0.462. The van der Waals surface area contributed by atoms with Crippen LogP contribution in [-0.2, 0) is 6.54 Å². The van der Waals surface area contributed by atoms with Crippen molar-refractivity contribution in [2.75, 3.05) is 13.1 Å². The van der Waals surface area contributed by atoms with Gasteiger partial charge in [0.25, 0.3) is 0 Å². The Balaban J connectivity index is 1.68. The van der Waals surface area contributed by atoms with Crippen molar-refractivity contribution in [2.45, 2.75) is 19.4 Å². The second-order valence-corrected chi connectivity index (χ2v) is 5.43. The molecule has 0 saturated carbocycles. The summed E-state index contributed by atoms with van der Waals surface area (Å²) in [4.78, 5) is 0. The van der Waals surface area contributed by atoms with Crippen molar-refractivity contribution in [3.63, 3.8) is 0 Å². The summed E-state index contributed by atoms with van der Waals surface area (Å²) in [6.07, 6.45) is 4.71. The van der Waals surface area contributed by atoms with Crippen LogP contribution in [0.5, 0.6) is 0 Å². The van der Waals surface area contributed by atoms with E-state index in [1.54, 1.807) is 11.3 Å². The maximum Gasteiger partial charge on any atom is 0.0931 e. The number of rotatable bonds is 3. The van der Waals surface area contributed by atoms with E-state index in [1.807, 2.05) is 0 Å². The van der Waals surface area contributed by atoms with Gasteiger partial charge in [-0.25, -0.2) is 0 Å². The smallest absolute Gasteiger partial charge is 0.0931 e. The monoisotopic (exact) mass is 247 g/mol. The Morgan fingerprint density at radius 3 is 3.24 bits per heavy atom. The van der Waals surface area contributed by atoms with Crippen LogP contribution < -0.4 is 5.32 Å². The molecular weight excluding hydrogens is 230 g/mol. The minimum atomic E-state index is 0.735. The molecule has 0 bridgehead atoms. The highest BCUT2D eigenvalue weighted by Crippen LogP contribution is 2.20. The molecule has 1 aliphatic heterocycles. The van der Waals surface area contributed by atoms with Crippen LogP contribution in [0.15, 0.2) is 29.1 Å². The zero-order chi connectivity index (χ0) is 11.5. The molecule has 17 heavy (non-hydrogen) atoms. The van der Waals surface area contributed by atoms with Crippen molar-refractivity contribution in [1.29, 1.82) is 0 Å². The minimum absolute atomic E-state index is 0.735. The molecule has 0 amide bonds. The molecule has 3 heterocycles. The molecule has 3 nitrogen and oxygen atoms in total. The van der Waals surface area contributed by atoms with Gasteiger partial charge in [-0.05, 0) is 49.4 Å². The molecule has 2 aromatic rings. The normalized spacial score (nSPS) is 20.6. The summed E-state index contributed by atoms with van der Waals surface area (Å²) in [6.45, 7) is 3.35. The highest BCUT2D eigenvalue weighted by atomic mass is 32.1. The maximum absolute atomic E-state index is 4.64. The predicted octanol–water partition coefficient (Wildman–Crippen LogP) is 2.61. The van der Waals surface area contributed by atoms with Gasteiger partial charge in [0.2, 0.25) is 0 Å². The summed E-state index contributed by atoms with van der Waals surface area (Å²) in [7, 11) is 0. The van der Waals surface area contributed by atoms with Gasteiger partial charge in [-0.15, -0.1) is 0 Å². The second kappa shape index (κ2) is 5.02. The maximum atomic E-state index is 4.64. The SMILES string of the molecule is c1cc(-c2ccn(CC3CCCNC3)n2)cs1. The van der Waals surface area contributed by atoms with Crippen molar-refractivity contribution < 1.29 is 0 Å². The molecule has 3 rings (SSSR count). The van der Waals surface area contributed by atoms with Gasteiger partial charge in [-0.1, -0.05) is 0 Å². The van der Waals surface area contributed by atoms with E-state index >= 15 is 0 Å². The summed E-state index contributed by atoms with van der Waals surface area (Å²) < 4.78 is 2.09. The van der Waals surface area contributed by atoms with Crippen LogP contribution in [-0.4, -0.2) is 22.9 Å². The van der Waals surface area contributed by atoms with Gasteiger partial charge in [0.05, 0.1) is 5.69 Å². The van der Waals surface area contributed by atoms with Gasteiger partial charge in [0, 0.05) is 23.7 Å². The molecular formula is C13H17N3S. The van der Waals surface area contributed by atoms with E-state index in [0.717, 1.165) is 24.7 Å². The van der Waals surface area contributed by atoms with Crippen molar-refractivity contribution in [1.82, 2.24) is 15.1 Å². The predicted molar refractivity (Wildman–Crippen MR) is 71.1 cm³/mol. The molecule has 1 fully saturated rings. The summed E-state index contributed by atoms with van der Waals surface area (Å²) in [5, 5.41) is 12.3. The molecule has 0 radical (unpaired) electrons. The number of piperidine rings is 1. The molecule has 0 aliphatic carbocycles. The number of hydrogen-bond donors (Lipinski definition) is 1. The van der Waals surface area contributed by atoms with Gasteiger partial charge >= 0.3 is 0 Å². The third-order valence-corrected chi connectivity index (χ3v) is 3.99. The van der Waals surface area contributed by atoms with E-state index in [-0.39, 0.29) is 0 Å². The van der Waals surface area contributed by atoms with Crippen LogP contribution in [0.2, 0.25) is 0 Å². The van der Waals surface area contributed by atoms with Crippen molar-refractivity contribution >= 4 is 11.3 Å². The molecule has 90 valence electrons. The van der Waals surface area contributed by atoms with Crippen LogP contribution in [0.1, 0.15) is 12.8 Å². The standard InChI is InChI=1S/C13H17N3S/c1-2-11(8-14-5-1)9-16-6-3-13(15-16)12-4-7-17-10-12/h3-4,6-7,10-11,14H,1-2,5,8-9H2. The number of hydrogen-bond acceptors (Lipinski definition) is 3. The Kier molecular flexibility index (Phi) is 3.25. The molecule has 4 heteroatoms. The average molecular weight is 247 g/mol. The summed E-state index contributed by atoms with van der Waals surface area (Å²) in [5.41, 5.74) is 2.32. The van der Waals surface area contributed by atoms with Crippen LogP contribution in [0.25, 0.3) is 11.3 Å². The Labute approximate surface area is 105 Å². The van der Waals surface area contributed by atoms with Crippen LogP contribution in [0.4, 0.5) is 0 Å². The Hall–Kier alpha value is -1.13. The number of nitrogens with zero attached hydrogens (tertiary/aromatic N) is 2. The lowest BCUT2D eigenvalue weighted by Crippen LogP contribution is -2.32. The van der Waals surface area contributed by atoms with E-state index in [1.165, 1.54) is 24.9 Å². The lowest BCUT2D eigenvalue weighted by atomic mass is 10.00. The lowest BCUT2D eigenvalue weighted by Gasteiger charge is -2.22. The fourth-order valence-electron chi connectivity index (χ4n) is 2.37. The lowest BCUT2D eigenvalue weighted by molar-refractivity contribution is 0.325. The summed E-state index contributed by atoms with van der Waals surface area (Å²) >= 11 is 1.72. The zero-order valence-corrected chi connectivity index (χ0v) is 10.6. The van der Waals surface area contributed by atoms with Crippen LogP contribution in [0, 0.1) is 5.92 Å². The molecule has 2 aromatic heterocycles. The van der Waals surface area contributed by atoms with Gasteiger partial charge in [0.15, 0.2) is 0 Å². The molecule has 0 spiro atoms. The number of aromatic nitrogens is 2. The Morgan fingerprint density at radius 2 is 2.47 bits per heavy atom. The van der Waals surface area contributed by atoms with Gasteiger partial charge < -0.3 is 5.32 Å². The minimum Gasteiger partial charge on any atom is -0.316 e. The molecule has 1 unspecified atom stereocenters. The third-order valence-electron chi connectivity index (χ3n) is 3.30. The summed E-state index contributed by atoms with van der Waals surface area (Å²) in [5.74, 6) is 0.735. The third kappa shape index (κ3) is 2.58. The quantitative estimate of drug-likeness (QED) is 0.903. The first kappa shape index (κ1) is 11.0. The molecule has 1 atom stereocenters. The van der Waals surface area contributed by atoms with Crippen LogP contribution in [0.3, 0.4) is 0 Å². The molecule has 1 aliphatic rings. The highest BCUT2D eigenvalue weighted by Gasteiger charge is 2.14. The zero-order valence-electron chi connectivity index (χ0n) is 9.80. The van der Waals surface area contributed by atoms with E-state index in [0.29, 0.717) is 0 Å². The molecule has 0 aromatic carbocycles. The average Bonchev–Trinajstić information content (AvgIpc) is 3.00. The molecule has 1 saturated heterocycles. The second-order valence-electron chi connectivity index (χ2n) is 4.65. The highest BCUT2D eigenvalue weighted by molar-refractivity contribution is 7.08. The van der Waals surface area contributed by atoms with E-state index in [9.17, 15) is 0 Å². The number of thiophene rings is 1. The van der Waals surface area contributed by atoms with Crippen LogP contribution >= 0.6 is 11.3 Å². The largest absolute Gasteiger partial charge is 0.316 e. The number of nitrogens with one attached hydrogen (secondary N) is 1. The first-order valence-corrected chi connectivity index (χ1v) is 7.13. The van der Waals surface area contributed by atoms with E-state index < -0.39 is 0 Å². The first-order chi connectivity index (χ1) is 8.42. The fourth-order valence-corrected chi connectivity index (χ4v) is 3.02. The van der Waals surface area contributed by atoms with Gasteiger partial charge in [-0.3, -0.25) is 4.68 Å². The van der Waals surface area contributed by atoms with Gasteiger partial charge in [-0.2, -0.15) is 16.4 Å². The van der Waals surface area contributed by atoms with E-state index in [2.05, 4.69) is 44.2 Å². The summed E-state index contributed by atoms with van der Waals surface area (Å²) in [6, 6.07) is 4.23.